The maximum absolute atomic E-state index is 12.0. The number of amides is 1. The van der Waals surface area contributed by atoms with E-state index in [2.05, 4.69) is 5.32 Å². The number of carbonyl (C=O) groups is 1. The first kappa shape index (κ1) is 14.3. The lowest BCUT2D eigenvalue weighted by Crippen LogP contribution is -2.30. The summed E-state index contributed by atoms with van der Waals surface area (Å²) in [4.78, 5) is 12.0. The molecule has 1 N–H and O–H groups in total. The predicted molar refractivity (Wildman–Crippen MR) is 74.1 cm³/mol. The third kappa shape index (κ3) is 2.45. The minimum Gasteiger partial charge on any atom is -0.493 e. The zero-order valence-corrected chi connectivity index (χ0v) is 12.3. The lowest BCUT2D eigenvalue weighted by molar-refractivity contribution is -0.118. The normalized spacial score (nSPS) is 16.4. The molecule has 1 aliphatic rings. The van der Waals surface area contributed by atoms with E-state index >= 15 is 0 Å². The van der Waals surface area contributed by atoms with Crippen molar-refractivity contribution in [3.05, 3.63) is 6.07 Å². The molecule has 1 aromatic rings. The van der Waals surface area contributed by atoms with E-state index in [0.717, 1.165) is 0 Å². The summed E-state index contributed by atoms with van der Waals surface area (Å²) < 4.78 is 21.8. The van der Waals surface area contributed by atoms with Gasteiger partial charge in [0.15, 0.2) is 17.2 Å². The molecular formula is C14H19NO5. The van der Waals surface area contributed by atoms with E-state index < -0.39 is 5.60 Å². The summed E-state index contributed by atoms with van der Waals surface area (Å²) >= 11 is 0. The number of benzene rings is 1. The average molecular weight is 281 g/mol. The Morgan fingerprint density at radius 2 is 1.80 bits per heavy atom. The third-order valence-corrected chi connectivity index (χ3v) is 3.03. The lowest BCUT2D eigenvalue weighted by atomic mass is 10.1. The fourth-order valence-electron chi connectivity index (χ4n) is 2.24. The molecule has 0 bridgehead atoms. The van der Waals surface area contributed by atoms with E-state index in [1.165, 1.54) is 21.3 Å². The highest BCUT2D eigenvalue weighted by Crippen LogP contribution is 2.50. The monoisotopic (exact) mass is 281 g/mol. The average Bonchev–Trinajstić information content (AvgIpc) is 2.49. The van der Waals surface area contributed by atoms with Crippen LogP contribution in [0.2, 0.25) is 0 Å². The van der Waals surface area contributed by atoms with Crippen molar-refractivity contribution in [2.24, 2.45) is 0 Å². The fraction of sp³-hybridized carbons (Fsp3) is 0.500. The van der Waals surface area contributed by atoms with Crippen LogP contribution in [-0.2, 0) is 4.79 Å². The van der Waals surface area contributed by atoms with Gasteiger partial charge in [0.25, 0.3) is 0 Å². The van der Waals surface area contributed by atoms with Crippen LogP contribution < -0.4 is 24.3 Å². The number of fused-ring (bicyclic) bond motifs is 1. The Labute approximate surface area is 118 Å². The molecule has 2 rings (SSSR count). The molecule has 0 aromatic heterocycles. The van der Waals surface area contributed by atoms with Gasteiger partial charge >= 0.3 is 0 Å². The Balaban J connectivity index is 2.66. The molecule has 20 heavy (non-hydrogen) atoms. The summed E-state index contributed by atoms with van der Waals surface area (Å²) in [6.07, 6.45) is 0.246. The van der Waals surface area contributed by atoms with Gasteiger partial charge in [-0.15, -0.1) is 0 Å². The summed E-state index contributed by atoms with van der Waals surface area (Å²) in [5, 5.41) is 2.80. The number of rotatable bonds is 3. The molecule has 0 atom stereocenters. The van der Waals surface area contributed by atoms with Gasteiger partial charge in [-0.3, -0.25) is 4.79 Å². The number of methoxy groups -OCH3 is 3. The highest BCUT2D eigenvalue weighted by Gasteiger charge is 2.33. The van der Waals surface area contributed by atoms with Gasteiger partial charge in [-0.2, -0.15) is 0 Å². The van der Waals surface area contributed by atoms with Crippen LogP contribution in [0.25, 0.3) is 0 Å². The topological polar surface area (TPSA) is 66.0 Å². The summed E-state index contributed by atoms with van der Waals surface area (Å²) in [6.45, 7) is 3.70. The van der Waals surface area contributed by atoms with E-state index in [4.69, 9.17) is 18.9 Å². The highest BCUT2D eigenvalue weighted by atomic mass is 16.5. The Morgan fingerprint density at radius 3 is 2.35 bits per heavy atom. The van der Waals surface area contributed by atoms with Crippen molar-refractivity contribution in [3.8, 4) is 23.0 Å². The minimum atomic E-state index is -0.611. The highest BCUT2D eigenvalue weighted by molar-refractivity contribution is 5.97. The zero-order chi connectivity index (χ0) is 14.9. The van der Waals surface area contributed by atoms with Crippen LogP contribution in [0.15, 0.2) is 6.07 Å². The third-order valence-electron chi connectivity index (χ3n) is 3.03. The van der Waals surface area contributed by atoms with Crippen molar-refractivity contribution in [2.45, 2.75) is 25.9 Å². The van der Waals surface area contributed by atoms with Crippen molar-refractivity contribution in [1.29, 1.82) is 0 Å². The van der Waals surface area contributed by atoms with Gasteiger partial charge in [-0.05, 0) is 13.8 Å². The van der Waals surface area contributed by atoms with Gasteiger partial charge < -0.3 is 24.3 Å². The van der Waals surface area contributed by atoms with Gasteiger partial charge in [-0.1, -0.05) is 0 Å². The number of nitrogens with one attached hydrogen (secondary N) is 1. The van der Waals surface area contributed by atoms with E-state index in [9.17, 15) is 4.79 Å². The number of ether oxygens (including phenoxy) is 4. The molecule has 0 spiro atoms. The van der Waals surface area contributed by atoms with Gasteiger partial charge in [0.1, 0.15) is 11.3 Å². The summed E-state index contributed by atoms with van der Waals surface area (Å²) in [5.41, 5.74) is -0.152. The van der Waals surface area contributed by atoms with Crippen molar-refractivity contribution in [1.82, 2.24) is 0 Å². The second kappa shape index (κ2) is 5.11. The molecule has 1 aromatic carbocycles. The molecule has 0 saturated heterocycles. The fourth-order valence-corrected chi connectivity index (χ4v) is 2.24. The first-order valence-corrected chi connectivity index (χ1v) is 6.23. The molecule has 1 aliphatic heterocycles. The van der Waals surface area contributed by atoms with Crippen molar-refractivity contribution >= 4 is 11.6 Å². The first-order chi connectivity index (χ1) is 9.41. The molecular weight excluding hydrogens is 262 g/mol. The van der Waals surface area contributed by atoms with Gasteiger partial charge in [0.05, 0.1) is 27.8 Å². The quantitative estimate of drug-likeness (QED) is 0.920. The van der Waals surface area contributed by atoms with Crippen molar-refractivity contribution in [2.75, 3.05) is 26.6 Å². The van der Waals surface area contributed by atoms with E-state index in [0.29, 0.717) is 28.7 Å². The molecule has 1 heterocycles. The maximum Gasteiger partial charge on any atom is 0.228 e. The Kier molecular flexibility index (Phi) is 3.65. The molecule has 1 amide bonds. The van der Waals surface area contributed by atoms with Crippen molar-refractivity contribution < 1.29 is 23.7 Å². The number of anilines is 1. The van der Waals surface area contributed by atoms with E-state index in [1.54, 1.807) is 6.07 Å². The molecule has 0 unspecified atom stereocenters. The van der Waals surface area contributed by atoms with Crippen LogP contribution in [0.4, 0.5) is 5.69 Å². The number of carbonyl (C=O) groups excluding carboxylic acids is 1. The van der Waals surface area contributed by atoms with Crippen LogP contribution in [-0.4, -0.2) is 32.8 Å². The summed E-state index contributed by atoms with van der Waals surface area (Å²) in [6, 6.07) is 1.68. The van der Waals surface area contributed by atoms with Crippen LogP contribution in [0, 0.1) is 0 Å². The Bertz CT molecular complexity index is 539. The van der Waals surface area contributed by atoms with Crippen LogP contribution >= 0.6 is 0 Å². The smallest absolute Gasteiger partial charge is 0.228 e. The van der Waals surface area contributed by atoms with Gasteiger partial charge in [-0.25, -0.2) is 0 Å². The van der Waals surface area contributed by atoms with E-state index in [1.807, 2.05) is 13.8 Å². The zero-order valence-electron chi connectivity index (χ0n) is 12.3. The molecule has 0 fully saturated rings. The minimum absolute atomic E-state index is 0.140. The molecule has 0 aliphatic carbocycles. The Morgan fingerprint density at radius 1 is 1.15 bits per heavy atom. The largest absolute Gasteiger partial charge is 0.493 e. The van der Waals surface area contributed by atoms with Gasteiger partial charge in [0.2, 0.25) is 11.7 Å². The Hall–Kier alpha value is -2.11. The lowest BCUT2D eigenvalue weighted by Gasteiger charge is -2.24. The van der Waals surface area contributed by atoms with Crippen LogP contribution in [0.3, 0.4) is 0 Å². The first-order valence-electron chi connectivity index (χ1n) is 6.23. The summed E-state index contributed by atoms with van der Waals surface area (Å²) in [5.74, 6) is 1.63. The number of hydrogen-bond acceptors (Lipinski definition) is 5. The SMILES string of the molecule is COc1cc2c(c(OC)c1OC)NC(=O)CC(C)(C)O2. The van der Waals surface area contributed by atoms with Crippen LogP contribution in [0.5, 0.6) is 23.0 Å². The molecule has 110 valence electrons. The number of hydrogen-bond donors (Lipinski definition) is 1. The second-order valence-corrected chi connectivity index (χ2v) is 5.11. The van der Waals surface area contributed by atoms with Gasteiger partial charge in [0, 0.05) is 6.07 Å². The molecule has 6 heteroatoms. The van der Waals surface area contributed by atoms with E-state index in [-0.39, 0.29) is 12.3 Å². The maximum atomic E-state index is 12.0. The molecule has 0 radical (unpaired) electrons. The van der Waals surface area contributed by atoms with Crippen LogP contribution in [0.1, 0.15) is 20.3 Å². The summed E-state index contributed by atoms with van der Waals surface area (Å²) in [7, 11) is 4.54. The standard InChI is InChI=1S/C14H19NO5/c1-14(2)7-10(16)15-11-8(20-14)6-9(17-3)12(18-4)13(11)19-5/h6H,7H2,1-5H3,(H,15,16). The second-order valence-electron chi connectivity index (χ2n) is 5.11. The van der Waals surface area contributed by atoms with Crippen molar-refractivity contribution in [3.63, 3.8) is 0 Å². The predicted octanol–water partition coefficient (Wildman–Crippen LogP) is 2.21. The molecule has 0 saturated carbocycles. The molecule has 6 nitrogen and oxygen atoms in total.